The zero-order chi connectivity index (χ0) is 11.8. The normalized spacial score (nSPS) is 25.5. The predicted octanol–water partition coefficient (Wildman–Crippen LogP) is 1.66. The molecule has 3 heteroatoms. The zero-order valence-electron chi connectivity index (χ0n) is 10.7. The molecule has 3 nitrogen and oxygen atoms in total. The molecule has 1 aliphatic rings. The van der Waals surface area contributed by atoms with Crippen LogP contribution in [0, 0.1) is 17.8 Å². The van der Waals surface area contributed by atoms with Crippen molar-refractivity contribution in [2.75, 3.05) is 32.9 Å². The van der Waals surface area contributed by atoms with Gasteiger partial charge in [-0.15, -0.1) is 0 Å². The molecule has 16 heavy (non-hydrogen) atoms. The Hall–Kier alpha value is -0.120. The van der Waals surface area contributed by atoms with E-state index in [-0.39, 0.29) is 0 Å². The van der Waals surface area contributed by atoms with E-state index < -0.39 is 0 Å². The lowest BCUT2D eigenvalue weighted by molar-refractivity contribution is 0.110. The third-order valence-corrected chi connectivity index (χ3v) is 3.33. The van der Waals surface area contributed by atoms with E-state index in [1.807, 2.05) is 0 Å². The monoisotopic (exact) mass is 229 g/mol. The highest BCUT2D eigenvalue weighted by atomic mass is 16.5. The zero-order valence-corrected chi connectivity index (χ0v) is 10.7. The van der Waals surface area contributed by atoms with Gasteiger partial charge >= 0.3 is 0 Å². The molecule has 1 aliphatic carbocycles. The van der Waals surface area contributed by atoms with E-state index in [0.717, 1.165) is 26.3 Å². The van der Waals surface area contributed by atoms with Crippen LogP contribution >= 0.6 is 0 Å². The van der Waals surface area contributed by atoms with Gasteiger partial charge in [-0.05, 0) is 37.1 Å². The molecule has 0 heterocycles. The van der Waals surface area contributed by atoms with Crippen molar-refractivity contribution < 1.29 is 9.84 Å². The van der Waals surface area contributed by atoms with E-state index in [0.29, 0.717) is 24.4 Å². The van der Waals surface area contributed by atoms with Crippen LogP contribution in [0.1, 0.15) is 33.1 Å². The summed E-state index contributed by atoms with van der Waals surface area (Å²) in [4.78, 5) is 0. The quantitative estimate of drug-likeness (QED) is 0.622. The second kappa shape index (κ2) is 8.04. The number of hydrogen-bond donors (Lipinski definition) is 2. The fourth-order valence-electron chi connectivity index (χ4n) is 2.37. The molecule has 1 rings (SSSR count). The van der Waals surface area contributed by atoms with Crippen LogP contribution in [0.2, 0.25) is 0 Å². The summed E-state index contributed by atoms with van der Waals surface area (Å²) in [5.41, 5.74) is 0. The molecule has 0 aromatic rings. The summed E-state index contributed by atoms with van der Waals surface area (Å²) in [6.45, 7) is 8.31. The van der Waals surface area contributed by atoms with Gasteiger partial charge in [0.15, 0.2) is 0 Å². The first kappa shape index (κ1) is 13.9. The van der Waals surface area contributed by atoms with Crippen LogP contribution in [0.4, 0.5) is 0 Å². The maximum atomic E-state index is 9.19. The van der Waals surface area contributed by atoms with E-state index in [9.17, 15) is 5.11 Å². The van der Waals surface area contributed by atoms with Crippen LogP contribution in [0.25, 0.3) is 0 Å². The minimum atomic E-state index is 0.357. The average molecular weight is 229 g/mol. The summed E-state index contributed by atoms with van der Waals surface area (Å²) in [6, 6.07) is 0. The Labute approximate surface area is 99.6 Å². The third kappa shape index (κ3) is 5.28. The van der Waals surface area contributed by atoms with Crippen LogP contribution in [-0.4, -0.2) is 38.0 Å². The molecule has 1 saturated carbocycles. The highest BCUT2D eigenvalue weighted by Gasteiger charge is 2.25. The number of rotatable bonds is 8. The van der Waals surface area contributed by atoms with Crippen molar-refractivity contribution in [2.24, 2.45) is 17.8 Å². The summed E-state index contributed by atoms with van der Waals surface area (Å²) in [7, 11) is 0. The molecule has 2 unspecified atom stereocenters. The van der Waals surface area contributed by atoms with Crippen molar-refractivity contribution in [1.29, 1.82) is 0 Å². The summed E-state index contributed by atoms with van der Waals surface area (Å²) in [6.07, 6.45) is 3.75. The molecular formula is C13H27NO2. The highest BCUT2D eigenvalue weighted by Crippen LogP contribution is 2.30. The van der Waals surface area contributed by atoms with E-state index in [2.05, 4.69) is 19.2 Å². The van der Waals surface area contributed by atoms with E-state index in [4.69, 9.17) is 4.74 Å². The fraction of sp³-hybridized carbons (Fsp3) is 1.00. The summed E-state index contributed by atoms with van der Waals surface area (Å²) < 4.78 is 5.50. The Morgan fingerprint density at radius 3 is 2.75 bits per heavy atom. The van der Waals surface area contributed by atoms with Crippen molar-refractivity contribution in [2.45, 2.75) is 33.1 Å². The highest BCUT2D eigenvalue weighted by molar-refractivity contribution is 4.78. The number of aliphatic hydroxyl groups is 1. The molecule has 0 aromatic heterocycles. The third-order valence-electron chi connectivity index (χ3n) is 3.33. The number of nitrogens with one attached hydrogen (secondary N) is 1. The van der Waals surface area contributed by atoms with Crippen molar-refractivity contribution in [3.63, 3.8) is 0 Å². The van der Waals surface area contributed by atoms with Crippen LogP contribution in [0.3, 0.4) is 0 Å². The molecule has 0 bridgehead atoms. The fourth-order valence-corrected chi connectivity index (χ4v) is 2.37. The van der Waals surface area contributed by atoms with Crippen LogP contribution in [-0.2, 0) is 4.74 Å². The predicted molar refractivity (Wildman–Crippen MR) is 66.4 cm³/mol. The van der Waals surface area contributed by atoms with Gasteiger partial charge in [0.05, 0.1) is 6.61 Å². The molecule has 2 atom stereocenters. The Morgan fingerprint density at radius 1 is 1.31 bits per heavy atom. The molecule has 0 aromatic carbocycles. The average Bonchev–Trinajstić information content (AvgIpc) is 2.70. The van der Waals surface area contributed by atoms with Gasteiger partial charge in [0.25, 0.3) is 0 Å². The molecule has 0 saturated heterocycles. The smallest absolute Gasteiger partial charge is 0.0591 e. The first-order valence-corrected chi connectivity index (χ1v) is 6.63. The van der Waals surface area contributed by atoms with Crippen LogP contribution in [0.15, 0.2) is 0 Å². The molecular weight excluding hydrogens is 202 g/mol. The van der Waals surface area contributed by atoms with Crippen molar-refractivity contribution in [3.05, 3.63) is 0 Å². The van der Waals surface area contributed by atoms with E-state index >= 15 is 0 Å². The summed E-state index contributed by atoms with van der Waals surface area (Å²) in [5, 5.41) is 12.6. The lowest BCUT2D eigenvalue weighted by Gasteiger charge is -2.17. The first-order chi connectivity index (χ1) is 7.74. The molecule has 96 valence electrons. The van der Waals surface area contributed by atoms with Gasteiger partial charge in [0.2, 0.25) is 0 Å². The molecule has 0 amide bonds. The van der Waals surface area contributed by atoms with Crippen molar-refractivity contribution in [3.8, 4) is 0 Å². The van der Waals surface area contributed by atoms with Crippen molar-refractivity contribution >= 4 is 0 Å². The second-order valence-corrected chi connectivity index (χ2v) is 5.31. The molecule has 0 radical (unpaired) electrons. The minimum Gasteiger partial charge on any atom is -0.396 e. The van der Waals surface area contributed by atoms with Gasteiger partial charge in [0.1, 0.15) is 0 Å². The summed E-state index contributed by atoms with van der Waals surface area (Å²) in [5.74, 6) is 1.83. The van der Waals surface area contributed by atoms with Crippen molar-refractivity contribution in [1.82, 2.24) is 5.32 Å². The second-order valence-electron chi connectivity index (χ2n) is 5.31. The number of aliphatic hydroxyl groups excluding tert-OH is 1. The molecule has 1 fully saturated rings. The first-order valence-electron chi connectivity index (χ1n) is 6.63. The minimum absolute atomic E-state index is 0.357. The molecule has 2 N–H and O–H groups in total. The SMILES string of the molecule is CC(C)COCCNCC1CCCC1CO. The Balaban J connectivity index is 1.94. The number of ether oxygens (including phenoxy) is 1. The van der Waals surface area contributed by atoms with Crippen LogP contribution < -0.4 is 5.32 Å². The maximum Gasteiger partial charge on any atom is 0.0591 e. The van der Waals surface area contributed by atoms with Crippen LogP contribution in [0.5, 0.6) is 0 Å². The Morgan fingerprint density at radius 2 is 2.06 bits per heavy atom. The maximum absolute atomic E-state index is 9.19. The lowest BCUT2D eigenvalue weighted by Crippen LogP contribution is -2.29. The largest absolute Gasteiger partial charge is 0.396 e. The van der Waals surface area contributed by atoms with Gasteiger partial charge in [-0.1, -0.05) is 20.3 Å². The Bertz CT molecular complexity index is 173. The van der Waals surface area contributed by atoms with E-state index in [1.54, 1.807) is 0 Å². The van der Waals surface area contributed by atoms with Gasteiger partial charge in [-0.2, -0.15) is 0 Å². The van der Waals surface area contributed by atoms with Gasteiger partial charge in [0, 0.05) is 19.8 Å². The lowest BCUT2D eigenvalue weighted by atomic mass is 9.97. The van der Waals surface area contributed by atoms with E-state index in [1.165, 1.54) is 19.3 Å². The Kier molecular flexibility index (Phi) is 7.01. The molecule has 0 aliphatic heterocycles. The number of hydrogen-bond acceptors (Lipinski definition) is 3. The van der Waals surface area contributed by atoms with Gasteiger partial charge in [-0.25, -0.2) is 0 Å². The topological polar surface area (TPSA) is 41.5 Å². The van der Waals surface area contributed by atoms with Gasteiger partial charge in [-0.3, -0.25) is 0 Å². The molecule has 0 spiro atoms. The van der Waals surface area contributed by atoms with Gasteiger partial charge < -0.3 is 15.2 Å². The standard InChI is InChI=1S/C13H27NO2/c1-11(2)10-16-7-6-14-8-12-4-3-5-13(12)9-15/h11-15H,3-10H2,1-2H3. The summed E-state index contributed by atoms with van der Waals surface area (Å²) >= 11 is 0.